The van der Waals surface area contributed by atoms with E-state index in [0.717, 1.165) is 73.0 Å². The number of hydrogen-bond acceptors (Lipinski definition) is 6. The molecule has 2 amide bonds. The van der Waals surface area contributed by atoms with Crippen LogP contribution in [0.1, 0.15) is 36.8 Å². The number of carbonyl (C=O) groups is 2. The second kappa shape index (κ2) is 8.99. The summed E-state index contributed by atoms with van der Waals surface area (Å²) in [4.78, 5) is 33.6. The molecule has 0 spiro atoms. The minimum Gasteiger partial charge on any atom is -0.446 e. The molecule has 3 aliphatic heterocycles. The molecule has 4 aliphatic rings. The first-order valence-corrected chi connectivity index (χ1v) is 12.9. The summed E-state index contributed by atoms with van der Waals surface area (Å²) >= 11 is 6.71. The minimum absolute atomic E-state index is 0.0297. The number of pyridine rings is 1. The number of carbonyl (C=O) groups excluding carboxylic acids is 2. The molecule has 6 rings (SSSR count). The molecule has 9 heteroatoms. The highest BCUT2D eigenvalue weighted by molar-refractivity contribution is 6.32. The molecular formula is C26H30ClN5O3. The van der Waals surface area contributed by atoms with Crippen LogP contribution in [0.25, 0.3) is 0 Å². The normalized spacial score (nSPS) is 24.8. The summed E-state index contributed by atoms with van der Waals surface area (Å²) in [7, 11) is 0. The van der Waals surface area contributed by atoms with Crippen molar-refractivity contribution in [3.05, 3.63) is 52.7 Å². The van der Waals surface area contributed by atoms with Gasteiger partial charge in [-0.2, -0.15) is 0 Å². The molecule has 3 fully saturated rings. The number of fused-ring (bicyclic) bond motifs is 1. The number of piperidine rings is 1. The summed E-state index contributed by atoms with van der Waals surface area (Å²) in [5.41, 5.74) is 2.82. The summed E-state index contributed by atoms with van der Waals surface area (Å²) in [6.45, 7) is 3.37. The minimum atomic E-state index is -0.387. The second-order valence-electron chi connectivity index (χ2n) is 9.97. The topological polar surface area (TPSA) is 86.8 Å². The van der Waals surface area contributed by atoms with Crippen LogP contribution < -0.4 is 15.5 Å². The Labute approximate surface area is 210 Å². The van der Waals surface area contributed by atoms with Gasteiger partial charge in [-0.25, -0.2) is 9.78 Å². The van der Waals surface area contributed by atoms with E-state index in [1.807, 2.05) is 18.2 Å². The van der Waals surface area contributed by atoms with Gasteiger partial charge in [0.25, 0.3) is 0 Å². The van der Waals surface area contributed by atoms with Crippen molar-refractivity contribution < 1.29 is 14.3 Å². The fraction of sp³-hybridized carbons (Fsp3) is 0.500. The maximum Gasteiger partial charge on any atom is 0.410 e. The van der Waals surface area contributed by atoms with Gasteiger partial charge in [0.2, 0.25) is 5.91 Å². The zero-order valence-corrected chi connectivity index (χ0v) is 20.4. The zero-order valence-electron chi connectivity index (χ0n) is 19.6. The molecule has 1 unspecified atom stereocenters. The standard InChI is InChI=1S/C26H30ClN5O3/c27-21-8-11-29-24-23(21)26(16-30-24,17-4-5-17)18-2-1-3-19(14-18)32-13-12-31(15-22(32)33)25(34)35-20-6-9-28-10-7-20/h1-3,8,11,14,17,20,28H,4-7,9-10,12-13,15-16H2,(H,29,30). The highest BCUT2D eigenvalue weighted by atomic mass is 35.5. The Kier molecular flexibility index (Phi) is 5.81. The molecule has 1 atom stereocenters. The van der Waals surface area contributed by atoms with Gasteiger partial charge in [0, 0.05) is 47.5 Å². The Bertz CT molecular complexity index is 1150. The number of hydrogen-bond donors (Lipinski definition) is 2. The van der Waals surface area contributed by atoms with Crippen LogP contribution in [0.3, 0.4) is 0 Å². The van der Waals surface area contributed by atoms with E-state index >= 15 is 0 Å². The molecule has 2 saturated heterocycles. The molecule has 2 aromatic rings. The summed E-state index contributed by atoms with van der Waals surface area (Å²) in [5, 5.41) is 7.47. The van der Waals surface area contributed by atoms with Gasteiger partial charge in [0.1, 0.15) is 18.5 Å². The van der Waals surface area contributed by atoms with Crippen LogP contribution in [0.4, 0.5) is 16.3 Å². The predicted octanol–water partition coefficient (Wildman–Crippen LogP) is 3.39. The van der Waals surface area contributed by atoms with Gasteiger partial charge in [0.05, 0.1) is 0 Å². The van der Waals surface area contributed by atoms with Crippen LogP contribution in [-0.2, 0) is 14.9 Å². The lowest BCUT2D eigenvalue weighted by Gasteiger charge is -2.36. The van der Waals surface area contributed by atoms with E-state index in [4.69, 9.17) is 16.3 Å². The Morgan fingerprint density at radius 2 is 1.97 bits per heavy atom. The fourth-order valence-corrected chi connectivity index (χ4v) is 6.21. The van der Waals surface area contributed by atoms with E-state index in [9.17, 15) is 9.59 Å². The van der Waals surface area contributed by atoms with Crippen molar-refractivity contribution in [2.45, 2.75) is 37.2 Å². The van der Waals surface area contributed by atoms with Gasteiger partial charge >= 0.3 is 6.09 Å². The van der Waals surface area contributed by atoms with Gasteiger partial charge < -0.3 is 20.3 Å². The van der Waals surface area contributed by atoms with Gasteiger partial charge in [-0.15, -0.1) is 0 Å². The number of anilines is 2. The number of benzene rings is 1. The first-order chi connectivity index (χ1) is 17.1. The number of aromatic nitrogens is 1. The highest BCUT2D eigenvalue weighted by Crippen LogP contribution is 2.57. The van der Waals surface area contributed by atoms with Crippen molar-refractivity contribution >= 4 is 35.1 Å². The lowest BCUT2D eigenvalue weighted by molar-refractivity contribution is -0.121. The summed E-state index contributed by atoms with van der Waals surface area (Å²) < 4.78 is 5.65. The maximum atomic E-state index is 13.1. The Morgan fingerprint density at radius 3 is 2.74 bits per heavy atom. The van der Waals surface area contributed by atoms with E-state index in [0.29, 0.717) is 19.0 Å². The molecule has 0 bridgehead atoms. The molecule has 35 heavy (non-hydrogen) atoms. The Hall–Kier alpha value is -2.84. The molecule has 2 N–H and O–H groups in total. The highest BCUT2D eigenvalue weighted by Gasteiger charge is 2.53. The van der Waals surface area contributed by atoms with Crippen molar-refractivity contribution in [2.24, 2.45) is 5.92 Å². The second-order valence-corrected chi connectivity index (χ2v) is 10.4. The number of nitrogens with one attached hydrogen (secondary N) is 2. The first-order valence-electron chi connectivity index (χ1n) is 12.5. The summed E-state index contributed by atoms with van der Waals surface area (Å²) in [5.74, 6) is 1.25. The average Bonchev–Trinajstić information content (AvgIpc) is 3.65. The Morgan fingerprint density at radius 1 is 1.14 bits per heavy atom. The van der Waals surface area contributed by atoms with E-state index in [1.165, 1.54) is 4.90 Å². The van der Waals surface area contributed by atoms with Crippen LogP contribution in [0, 0.1) is 5.92 Å². The van der Waals surface area contributed by atoms with Crippen molar-refractivity contribution in [1.82, 2.24) is 15.2 Å². The molecule has 184 valence electrons. The quantitative estimate of drug-likeness (QED) is 0.676. The van der Waals surface area contributed by atoms with Gasteiger partial charge in [-0.1, -0.05) is 23.7 Å². The van der Waals surface area contributed by atoms with Gasteiger partial charge in [-0.05, 0) is 68.5 Å². The molecule has 1 aliphatic carbocycles. The third-order valence-corrected chi connectivity index (χ3v) is 8.18. The van der Waals surface area contributed by atoms with Crippen LogP contribution in [-0.4, -0.2) is 67.3 Å². The van der Waals surface area contributed by atoms with E-state index in [1.54, 1.807) is 11.1 Å². The van der Waals surface area contributed by atoms with E-state index < -0.39 is 0 Å². The number of amides is 2. The number of rotatable bonds is 4. The number of nitrogens with zero attached hydrogens (tertiary/aromatic N) is 3. The maximum absolute atomic E-state index is 13.1. The SMILES string of the molecule is O=C(OC1CCNCC1)N1CCN(c2cccc(C3(C4CC4)CNc4nccc(Cl)c43)c2)C(=O)C1. The number of halogens is 1. The largest absolute Gasteiger partial charge is 0.446 e. The molecule has 4 heterocycles. The summed E-state index contributed by atoms with van der Waals surface area (Å²) in [6, 6.07) is 10.1. The van der Waals surface area contributed by atoms with Crippen molar-refractivity contribution in [1.29, 1.82) is 0 Å². The fourth-order valence-electron chi connectivity index (χ4n) is 5.90. The molecule has 0 radical (unpaired) electrons. The lowest BCUT2D eigenvalue weighted by Crippen LogP contribution is -2.53. The molecule has 1 aromatic heterocycles. The molecular weight excluding hydrogens is 466 g/mol. The van der Waals surface area contributed by atoms with Crippen LogP contribution in [0.2, 0.25) is 5.02 Å². The van der Waals surface area contributed by atoms with E-state index in [2.05, 4.69) is 27.8 Å². The number of piperazine rings is 1. The van der Waals surface area contributed by atoms with Crippen LogP contribution >= 0.6 is 11.6 Å². The smallest absolute Gasteiger partial charge is 0.410 e. The average molecular weight is 496 g/mol. The van der Waals surface area contributed by atoms with Crippen molar-refractivity contribution in [2.75, 3.05) is 49.5 Å². The van der Waals surface area contributed by atoms with Crippen LogP contribution in [0.5, 0.6) is 0 Å². The molecule has 1 aromatic carbocycles. The monoisotopic (exact) mass is 495 g/mol. The van der Waals surface area contributed by atoms with Gasteiger partial charge in [0.15, 0.2) is 0 Å². The lowest BCUT2D eigenvalue weighted by atomic mass is 9.72. The van der Waals surface area contributed by atoms with Crippen molar-refractivity contribution in [3.8, 4) is 0 Å². The van der Waals surface area contributed by atoms with Gasteiger partial charge in [-0.3, -0.25) is 9.69 Å². The van der Waals surface area contributed by atoms with Crippen molar-refractivity contribution in [3.63, 3.8) is 0 Å². The van der Waals surface area contributed by atoms with Crippen LogP contribution in [0.15, 0.2) is 36.5 Å². The number of ether oxygens (including phenoxy) is 1. The predicted molar refractivity (Wildman–Crippen MR) is 134 cm³/mol. The first kappa shape index (κ1) is 22.6. The Balaban J connectivity index is 1.22. The zero-order chi connectivity index (χ0) is 24.0. The third-order valence-electron chi connectivity index (χ3n) is 7.86. The molecule has 1 saturated carbocycles. The van der Waals surface area contributed by atoms with E-state index in [-0.39, 0.29) is 30.1 Å². The third kappa shape index (κ3) is 4.02. The molecule has 8 nitrogen and oxygen atoms in total. The summed E-state index contributed by atoms with van der Waals surface area (Å²) in [6.07, 6.45) is 5.20.